The summed E-state index contributed by atoms with van der Waals surface area (Å²) in [6.45, 7) is 0.784. The summed E-state index contributed by atoms with van der Waals surface area (Å²) >= 11 is 0. The second kappa shape index (κ2) is 7.05. The van der Waals surface area contributed by atoms with Crippen LogP contribution in [0.4, 0.5) is 5.69 Å². The topological polar surface area (TPSA) is 54.3 Å². The monoisotopic (exact) mass is 268 g/mol. The molecule has 4 heteroatoms. The number of nitriles is 1. The SMILES string of the molecule is COc1cccc(CNc2ccc(OCC#N)cc2)c1. The van der Waals surface area contributed by atoms with Gasteiger partial charge in [0.15, 0.2) is 6.61 Å². The van der Waals surface area contributed by atoms with Gasteiger partial charge in [-0.25, -0.2) is 0 Å². The van der Waals surface area contributed by atoms with Crippen molar-refractivity contribution in [2.45, 2.75) is 6.54 Å². The van der Waals surface area contributed by atoms with Gasteiger partial charge in [0.2, 0.25) is 0 Å². The summed E-state index contributed by atoms with van der Waals surface area (Å²) in [4.78, 5) is 0. The molecule has 102 valence electrons. The van der Waals surface area contributed by atoms with Crippen molar-refractivity contribution in [1.82, 2.24) is 0 Å². The Bertz CT molecular complexity index is 588. The fourth-order valence-electron chi connectivity index (χ4n) is 1.77. The molecule has 0 aromatic heterocycles. The average Bonchev–Trinajstić information content (AvgIpc) is 2.52. The van der Waals surface area contributed by atoms with Crippen LogP contribution in [0.25, 0.3) is 0 Å². The van der Waals surface area contributed by atoms with E-state index in [2.05, 4.69) is 5.32 Å². The van der Waals surface area contributed by atoms with E-state index in [1.807, 2.05) is 54.6 Å². The van der Waals surface area contributed by atoms with Crippen LogP contribution in [0.15, 0.2) is 48.5 Å². The molecule has 0 heterocycles. The molecule has 0 bridgehead atoms. The number of nitrogens with one attached hydrogen (secondary N) is 1. The highest BCUT2D eigenvalue weighted by molar-refractivity contribution is 5.47. The van der Waals surface area contributed by atoms with Crippen LogP contribution in [0.3, 0.4) is 0 Å². The number of rotatable bonds is 6. The maximum atomic E-state index is 8.44. The number of benzene rings is 2. The van der Waals surface area contributed by atoms with Crippen molar-refractivity contribution < 1.29 is 9.47 Å². The Morgan fingerprint density at radius 1 is 1.10 bits per heavy atom. The smallest absolute Gasteiger partial charge is 0.174 e. The van der Waals surface area contributed by atoms with Crippen LogP contribution in [-0.2, 0) is 6.54 Å². The normalized spacial score (nSPS) is 9.60. The van der Waals surface area contributed by atoms with Crippen LogP contribution in [0.1, 0.15) is 5.56 Å². The summed E-state index contributed by atoms with van der Waals surface area (Å²) < 4.78 is 10.4. The minimum absolute atomic E-state index is 0.0661. The van der Waals surface area contributed by atoms with Crippen molar-refractivity contribution in [3.05, 3.63) is 54.1 Å². The van der Waals surface area contributed by atoms with Gasteiger partial charge in [-0.1, -0.05) is 12.1 Å². The number of hydrogen-bond donors (Lipinski definition) is 1. The number of nitrogens with zero attached hydrogens (tertiary/aromatic N) is 1. The summed E-state index contributed by atoms with van der Waals surface area (Å²) in [5.41, 5.74) is 2.14. The van der Waals surface area contributed by atoms with E-state index in [9.17, 15) is 0 Å². The van der Waals surface area contributed by atoms with E-state index < -0.39 is 0 Å². The van der Waals surface area contributed by atoms with Gasteiger partial charge < -0.3 is 14.8 Å². The van der Waals surface area contributed by atoms with Gasteiger partial charge in [-0.2, -0.15) is 5.26 Å². The van der Waals surface area contributed by atoms with Crippen LogP contribution in [0.2, 0.25) is 0 Å². The van der Waals surface area contributed by atoms with E-state index in [-0.39, 0.29) is 6.61 Å². The Hall–Kier alpha value is -2.67. The van der Waals surface area contributed by atoms with Crippen molar-refractivity contribution >= 4 is 5.69 Å². The van der Waals surface area contributed by atoms with E-state index in [1.165, 1.54) is 0 Å². The summed E-state index contributed by atoms with van der Waals surface area (Å²) in [6, 6.07) is 17.4. The van der Waals surface area contributed by atoms with Crippen LogP contribution in [0, 0.1) is 11.3 Å². The molecule has 0 saturated heterocycles. The van der Waals surface area contributed by atoms with Gasteiger partial charge in [-0.3, -0.25) is 0 Å². The minimum atomic E-state index is 0.0661. The van der Waals surface area contributed by atoms with Gasteiger partial charge in [0.05, 0.1) is 7.11 Å². The number of ether oxygens (including phenoxy) is 2. The first kappa shape index (κ1) is 13.8. The summed E-state index contributed by atoms with van der Waals surface area (Å²) in [5.74, 6) is 1.54. The van der Waals surface area contributed by atoms with Crippen LogP contribution in [-0.4, -0.2) is 13.7 Å². The third-order valence-electron chi connectivity index (χ3n) is 2.79. The van der Waals surface area contributed by atoms with Crippen molar-refractivity contribution in [3.8, 4) is 17.6 Å². The lowest BCUT2D eigenvalue weighted by molar-refractivity contribution is 0.368. The Labute approximate surface area is 118 Å². The first-order valence-electron chi connectivity index (χ1n) is 6.28. The fraction of sp³-hybridized carbons (Fsp3) is 0.188. The molecule has 20 heavy (non-hydrogen) atoms. The zero-order valence-corrected chi connectivity index (χ0v) is 11.3. The molecule has 0 saturated carbocycles. The molecule has 2 aromatic carbocycles. The van der Waals surface area contributed by atoms with Gasteiger partial charge in [0.1, 0.15) is 17.6 Å². The molecular weight excluding hydrogens is 252 g/mol. The summed E-state index contributed by atoms with van der Waals surface area (Å²) in [5, 5.41) is 11.8. The second-order valence-corrected chi connectivity index (χ2v) is 4.18. The zero-order valence-electron chi connectivity index (χ0n) is 11.3. The maximum absolute atomic E-state index is 8.44. The standard InChI is InChI=1S/C16H16N2O2/c1-19-16-4-2-3-13(11-16)12-18-14-5-7-15(8-6-14)20-10-9-17/h2-8,11,18H,10,12H2,1H3. The highest BCUT2D eigenvalue weighted by Crippen LogP contribution is 2.17. The van der Waals surface area contributed by atoms with Crippen molar-refractivity contribution in [2.24, 2.45) is 0 Å². The molecule has 0 aliphatic heterocycles. The van der Waals surface area contributed by atoms with Gasteiger partial charge in [-0.15, -0.1) is 0 Å². The third-order valence-corrected chi connectivity index (χ3v) is 2.79. The molecule has 0 aliphatic rings. The van der Waals surface area contributed by atoms with Crippen molar-refractivity contribution in [1.29, 1.82) is 5.26 Å². The first-order chi connectivity index (χ1) is 9.81. The molecule has 4 nitrogen and oxygen atoms in total. The molecule has 0 radical (unpaired) electrons. The Morgan fingerprint density at radius 2 is 1.90 bits per heavy atom. The summed E-state index contributed by atoms with van der Waals surface area (Å²) in [6.07, 6.45) is 0. The highest BCUT2D eigenvalue weighted by atomic mass is 16.5. The molecule has 1 N–H and O–H groups in total. The van der Waals surface area contributed by atoms with Gasteiger partial charge in [0, 0.05) is 12.2 Å². The van der Waals surface area contributed by atoms with Crippen LogP contribution < -0.4 is 14.8 Å². The van der Waals surface area contributed by atoms with Crippen molar-refractivity contribution in [2.75, 3.05) is 19.0 Å². The lowest BCUT2D eigenvalue weighted by Crippen LogP contribution is -2.00. The van der Waals surface area contributed by atoms with Crippen LogP contribution >= 0.6 is 0 Å². The molecule has 0 amide bonds. The van der Waals surface area contributed by atoms with E-state index in [4.69, 9.17) is 14.7 Å². The largest absolute Gasteiger partial charge is 0.497 e. The molecule has 2 rings (SSSR count). The minimum Gasteiger partial charge on any atom is -0.497 e. The van der Waals surface area contributed by atoms with Crippen LogP contribution in [0.5, 0.6) is 11.5 Å². The predicted molar refractivity (Wildman–Crippen MR) is 77.9 cm³/mol. The Balaban J connectivity index is 1.91. The van der Waals surface area contributed by atoms with Gasteiger partial charge in [0.25, 0.3) is 0 Å². The van der Waals surface area contributed by atoms with Crippen molar-refractivity contribution in [3.63, 3.8) is 0 Å². The molecule has 0 unspecified atom stereocenters. The number of hydrogen-bond acceptors (Lipinski definition) is 4. The highest BCUT2D eigenvalue weighted by Gasteiger charge is 1.98. The number of anilines is 1. The molecule has 0 spiro atoms. The fourth-order valence-corrected chi connectivity index (χ4v) is 1.77. The van der Waals surface area contributed by atoms with E-state index >= 15 is 0 Å². The van der Waals surface area contributed by atoms with Gasteiger partial charge >= 0.3 is 0 Å². The second-order valence-electron chi connectivity index (χ2n) is 4.18. The molecule has 0 aliphatic carbocycles. The Kier molecular flexibility index (Phi) is 4.85. The van der Waals surface area contributed by atoms with E-state index in [0.717, 1.165) is 23.5 Å². The quantitative estimate of drug-likeness (QED) is 0.874. The number of methoxy groups -OCH3 is 1. The molecule has 0 fully saturated rings. The lowest BCUT2D eigenvalue weighted by Gasteiger charge is -2.09. The van der Waals surface area contributed by atoms with Gasteiger partial charge in [-0.05, 0) is 42.0 Å². The maximum Gasteiger partial charge on any atom is 0.174 e. The summed E-state index contributed by atoms with van der Waals surface area (Å²) in [7, 11) is 1.66. The lowest BCUT2D eigenvalue weighted by atomic mass is 10.2. The molecule has 0 atom stereocenters. The molecular formula is C16H16N2O2. The molecule has 2 aromatic rings. The zero-order chi connectivity index (χ0) is 14.2. The Morgan fingerprint density at radius 3 is 2.60 bits per heavy atom. The van der Waals surface area contributed by atoms with E-state index in [0.29, 0.717) is 5.75 Å². The van der Waals surface area contributed by atoms with E-state index in [1.54, 1.807) is 7.11 Å². The average molecular weight is 268 g/mol. The first-order valence-corrected chi connectivity index (χ1v) is 6.28. The third kappa shape index (κ3) is 3.92. The predicted octanol–water partition coefficient (Wildman–Crippen LogP) is 3.21.